The number of benzene rings is 1. The largest absolute Gasteiger partial charge is 0.468 e. The maximum atomic E-state index is 13.2. The van der Waals surface area contributed by atoms with Crippen molar-refractivity contribution in [3.8, 4) is 0 Å². The van der Waals surface area contributed by atoms with Crippen LogP contribution in [-0.2, 0) is 19.1 Å². The van der Waals surface area contributed by atoms with Crippen LogP contribution in [0, 0.1) is 11.3 Å². The van der Waals surface area contributed by atoms with E-state index in [0.717, 1.165) is 5.69 Å². The minimum Gasteiger partial charge on any atom is -0.468 e. The molecule has 0 unspecified atom stereocenters. The van der Waals surface area contributed by atoms with Crippen molar-refractivity contribution < 1.29 is 19.1 Å². The molecule has 1 atom stereocenters. The van der Waals surface area contributed by atoms with Crippen molar-refractivity contribution in [2.45, 2.75) is 40.0 Å². The number of ether oxygens (including phenoxy) is 1. The molecule has 0 heterocycles. The molecule has 26 heavy (non-hydrogen) atoms. The molecule has 0 saturated carbocycles. The van der Waals surface area contributed by atoms with Gasteiger partial charge in [-0.25, -0.2) is 0 Å². The van der Waals surface area contributed by atoms with E-state index >= 15 is 0 Å². The molecule has 0 bridgehead atoms. The smallest absolute Gasteiger partial charge is 0.317 e. The van der Waals surface area contributed by atoms with Crippen LogP contribution in [-0.4, -0.2) is 31.7 Å². The van der Waals surface area contributed by atoms with E-state index in [4.69, 9.17) is 4.74 Å². The van der Waals surface area contributed by atoms with Crippen molar-refractivity contribution in [1.82, 2.24) is 0 Å². The molecular weight excluding hydrogens is 330 g/mol. The lowest BCUT2D eigenvalue weighted by Crippen LogP contribution is -2.46. The zero-order valence-electron chi connectivity index (χ0n) is 16.2. The number of Topliss-reactive ketones (excluding diaryl/α,β-unsaturated/α-hetero) is 2. The van der Waals surface area contributed by atoms with Crippen LogP contribution < -0.4 is 4.90 Å². The summed E-state index contributed by atoms with van der Waals surface area (Å²) in [6.07, 6.45) is 1.36. The minimum atomic E-state index is -0.962. The summed E-state index contributed by atoms with van der Waals surface area (Å²) in [7, 11) is 3.13. The molecule has 1 aromatic carbocycles. The quantitative estimate of drug-likeness (QED) is 0.443. The molecule has 1 aromatic rings. The van der Waals surface area contributed by atoms with Crippen molar-refractivity contribution in [2.75, 3.05) is 19.1 Å². The number of carbonyl (C=O) groups is 3. The van der Waals surface area contributed by atoms with Crippen LogP contribution in [0.4, 0.5) is 5.69 Å². The van der Waals surface area contributed by atoms with Gasteiger partial charge in [0.25, 0.3) is 0 Å². The summed E-state index contributed by atoms with van der Waals surface area (Å²) in [6.45, 7) is 5.63. The summed E-state index contributed by atoms with van der Waals surface area (Å²) in [5.74, 6) is -2.18. The Hall–Kier alpha value is -2.43. The third kappa shape index (κ3) is 3.71. The molecule has 0 saturated heterocycles. The van der Waals surface area contributed by atoms with Crippen molar-refractivity contribution in [3.05, 3.63) is 41.6 Å². The fraction of sp³-hybridized carbons (Fsp3) is 0.476. The average molecular weight is 357 g/mol. The topological polar surface area (TPSA) is 63.7 Å². The maximum Gasteiger partial charge on any atom is 0.317 e. The highest BCUT2D eigenvalue weighted by Gasteiger charge is 2.49. The average Bonchev–Trinajstić information content (AvgIpc) is 2.60. The Morgan fingerprint density at radius 2 is 1.85 bits per heavy atom. The lowest BCUT2D eigenvalue weighted by molar-refractivity contribution is -0.154. The van der Waals surface area contributed by atoms with Crippen LogP contribution in [0.3, 0.4) is 0 Å². The summed E-state index contributed by atoms with van der Waals surface area (Å²) in [5.41, 5.74) is 1.07. The molecule has 0 N–H and O–H groups in total. The fourth-order valence-electron chi connectivity index (χ4n) is 3.55. The number of para-hydroxylation sites is 1. The van der Waals surface area contributed by atoms with Gasteiger partial charge in [0.15, 0.2) is 11.6 Å². The number of ketones is 2. The first-order chi connectivity index (χ1) is 12.2. The molecule has 2 rings (SSSR count). The van der Waals surface area contributed by atoms with Gasteiger partial charge in [0.1, 0.15) is 5.92 Å². The Kier molecular flexibility index (Phi) is 6.01. The molecular formula is C21H27NO4. The summed E-state index contributed by atoms with van der Waals surface area (Å²) in [5, 5.41) is 0. The molecule has 5 heteroatoms. The monoisotopic (exact) mass is 357 g/mol. The molecule has 1 aliphatic rings. The number of allylic oxidation sites excluding steroid dienone is 2. The predicted octanol–water partition coefficient (Wildman–Crippen LogP) is 3.53. The van der Waals surface area contributed by atoms with E-state index < -0.39 is 23.1 Å². The molecule has 0 amide bonds. The van der Waals surface area contributed by atoms with Gasteiger partial charge in [0.05, 0.1) is 12.7 Å². The van der Waals surface area contributed by atoms with Crippen molar-refractivity contribution >= 4 is 23.2 Å². The van der Waals surface area contributed by atoms with Gasteiger partial charge in [-0.1, -0.05) is 39.0 Å². The van der Waals surface area contributed by atoms with Gasteiger partial charge >= 0.3 is 5.97 Å². The number of hydrogen-bond donors (Lipinski definition) is 0. The van der Waals surface area contributed by atoms with Crippen LogP contribution in [0.15, 0.2) is 41.6 Å². The van der Waals surface area contributed by atoms with E-state index in [1.54, 1.807) is 0 Å². The Bertz CT molecular complexity index is 734. The predicted molar refractivity (Wildman–Crippen MR) is 101 cm³/mol. The number of esters is 1. The number of hydrogen-bond acceptors (Lipinski definition) is 5. The number of anilines is 1. The van der Waals surface area contributed by atoms with Gasteiger partial charge in [-0.05, 0) is 30.4 Å². The Morgan fingerprint density at radius 1 is 1.23 bits per heavy atom. The van der Waals surface area contributed by atoms with Gasteiger partial charge in [0, 0.05) is 24.9 Å². The van der Waals surface area contributed by atoms with Crippen molar-refractivity contribution in [1.29, 1.82) is 0 Å². The number of rotatable bonds is 6. The van der Waals surface area contributed by atoms with E-state index in [2.05, 4.69) is 0 Å². The molecule has 5 nitrogen and oxygen atoms in total. The third-order valence-corrected chi connectivity index (χ3v) is 4.94. The third-order valence-electron chi connectivity index (χ3n) is 4.94. The van der Waals surface area contributed by atoms with E-state index in [-0.39, 0.29) is 17.8 Å². The van der Waals surface area contributed by atoms with Crippen LogP contribution in [0.25, 0.3) is 0 Å². The number of carbonyl (C=O) groups excluding carboxylic acids is 3. The van der Waals surface area contributed by atoms with Crippen LogP contribution >= 0.6 is 0 Å². The second-order valence-corrected chi connectivity index (χ2v) is 7.38. The zero-order chi connectivity index (χ0) is 19.5. The Morgan fingerprint density at radius 3 is 2.38 bits per heavy atom. The lowest BCUT2D eigenvalue weighted by atomic mass is 9.66. The highest BCUT2D eigenvalue weighted by Crippen LogP contribution is 2.44. The second kappa shape index (κ2) is 7.85. The Balaban J connectivity index is 2.61. The highest BCUT2D eigenvalue weighted by molar-refractivity contribution is 6.26. The maximum absolute atomic E-state index is 13.2. The van der Waals surface area contributed by atoms with Crippen molar-refractivity contribution in [2.24, 2.45) is 11.3 Å². The van der Waals surface area contributed by atoms with Gasteiger partial charge in [-0.3, -0.25) is 14.4 Å². The molecule has 140 valence electrons. The summed E-state index contributed by atoms with van der Waals surface area (Å²) in [4.78, 5) is 40.1. The van der Waals surface area contributed by atoms with E-state index in [0.29, 0.717) is 18.5 Å². The summed E-state index contributed by atoms with van der Waals surface area (Å²) < 4.78 is 4.86. The Labute approximate surface area is 155 Å². The van der Waals surface area contributed by atoms with Crippen LogP contribution in [0.5, 0.6) is 0 Å². The van der Waals surface area contributed by atoms with Crippen LogP contribution in [0.2, 0.25) is 0 Å². The molecule has 0 spiro atoms. The SMILES string of the molecule is CCCC(=O)C1=C(N(C)c2ccccc2)CC(C)(C)[C@H](C(=O)OC)C1=O. The second-order valence-electron chi connectivity index (χ2n) is 7.38. The summed E-state index contributed by atoms with van der Waals surface area (Å²) in [6, 6.07) is 9.59. The first-order valence-corrected chi connectivity index (χ1v) is 8.91. The number of methoxy groups -OCH3 is 1. The molecule has 0 aromatic heterocycles. The van der Waals surface area contributed by atoms with Gasteiger partial charge < -0.3 is 9.64 Å². The molecule has 1 aliphatic carbocycles. The van der Waals surface area contributed by atoms with E-state index in [9.17, 15) is 14.4 Å². The van der Waals surface area contributed by atoms with Crippen molar-refractivity contribution in [3.63, 3.8) is 0 Å². The molecule has 0 aliphatic heterocycles. The molecule has 0 radical (unpaired) electrons. The normalized spacial score (nSPS) is 19.3. The fourth-order valence-corrected chi connectivity index (χ4v) is 3.55. The van der Waals surface area contributed by atoms with Gasteiger partial charge in [-0.2, -0.15) is 0 Å². The van der Waals surface area contributed by atoms with Gasteiger partial charge in [0.2, 0.25) is 0 Å². The van der Waals surface area contributed by atoms with Gasteiger partial charge in [-0.15, -0.1) is 0 Å². The molecule has 0 fully saturated rings. The number of nitrogens with zero attached hydrogens (tertiary/aromatic N) is 1. The van der Waals surface area contributed by atoms with E-state index in [1.807, 2.05) is 63.1 Å². The van der Waals surface area contributed by atoms with E-state index in [1.165, 1.54) is 7.11 Å². The standard InChI is InChI=1S/C21H27NO4/c1-6-10-16(23)17-15(22(4)14-11-8-7-9-12-14)13-21(2,3)18(19(17)24)20(25)26-5/h7-9,11-12,18H,6,10,13H2,1-5H3/t18-/m0/s1. The van der Waals surface area contributed by atoms with Crippen LogP contribution in [0.1, 0.15) is 40.0 Å². The lowest BCUT2D eigenvalue weighted by Gasteiger charge is -2.40. The highest BCUT2D eigenvalue weighted by atomic mass is 16.5. The zero-order valence-corrected chi connectivity index (χ0v) is 16.2. The first-order valence-electron chi connectivity index (χ1n) is 8.91. The first kappa shape index (κ1) is 19.9. The minimum absolute atomic E-state index is 0.146. The summed E-state index contributed by atoms with van der Waals surface area (Å²) >= 11 is 0.